The van der Waals surface area contributed by atoms with Gasteiger partial charge in [-0.2, -0.15) is 4.39 Å². The number of nitrogens with zero attached hydrogens (tertiary/aromatic N) is 2. The number of rotatable bonds is 1. The van der Waals surface area contributed by atoms with Gasteiger partial charge in [-0.25, -0.2) is 9.37 Å². The van der Waals surface area contributed by atoms with E-state index in [2.05, 4.69) is 4.98 Å². The Bertz CT molecular complexity index is 702. The minimum Gasteiger partial charge on any atom is -0.305 e. The molecule has 0 saturated carbocycles. The number of benzene rings is 1. The average molecular weight is 288 g/mol. The van der Waals surface area contributed by atoms with Crippen LogP contribution in [-0.4, -0.2) is 16.9 Å². The lowest BCUT2D eigenvalue weighted by molar-refractivity contribution is 0.0970. The molecule has 0 aliphatic carbocycles. The summed E-state index contributed by atoms with van der Waals surface area (Å²) in [4.78, 5) is 17.4. The predicted octanol–water partition coefficient (Wildman–Crippen LogP) is 3.34. The largest absolute Gasteiger partial charge is 0.305 e. The molecular weight excluding hydrogens is 274 g/mol. The smallest absolute Gasteiger partial charge is 0.261 e. The maximum Gasteiger partial charge on any atom is 0.261 e. The normalized spacial score (nSPS) is 17.5. The van der Waals surface area contributed by atoms with Crippen molar-refractivity contribution < 1.29 is 13.6 Å². The summed E-state index contributed by atoms with van der Waals surface area (Å²) in [7, 11) is 0. The van der Waals surface area contributed by atoms with E-state index in [0.717, 1.165) is 30.3 Å². The maximum absolute atomic E-state index is 13.8. The highest BCUT2D eigenvalue weighted by Gasteiger charge is 2.30. The second-order valence-corrected chi connectivity index (χ2v) is 5.15. The van der Waals surface area contributed by atoms with Gasteiger partial charge in [0.15, 0.2) is 5.82 Å². The van der Waals surface area contributed by atoms with Crippen molar-refractivity contribution in [2.75, 3.05) is 4.90 Å². The summed E-state index contributed by atoms with van der Waals surface area (Å²) >= 11 is 0. The van der Waals surface area contributed by atoms with E-state index in [0.29, 0.717) is 0 Å². The molecule has 0 N–H and O–H groups in total. The van der Waals surface area contributed by atoms with Gasteiger partial charge in [0.05, 0.1) is 5.56 Å². The van der Waals surface area contributed by atoms with Gasteiger partial charge < -0.3 is 4.90 Å². The fraction of sp³-hybridized carbons (Fsp3) is 0.250. The van der Waals surface area contributed by atoms with Crippen molar-refractivity contribution in [2.24, 2.45) is 0 Å². The number of aromatic nitrogens is 1. The van der Waals surface area contributed by atoms with Gasteiger partial charge >= 0.3 is 0 Å². The highest BCUT2D eigenvalue weighted by Crippen LogP contribution is 2.32. The first kappa shape index (κ1) is 13.7. The van der Waals surface area contributed by atoms with Gasteiger partial charge in [0.2, 0.25) is 5.95 Å². The third-order valence-electron chi connectivity index (χ3n) is 3.82. The number of pyridine rings is 1. The number of carbonyl (C=O) groups is 1. The summed E-state index contributed by atoms with van der Waals surface area (Å²) in [6.45, 7) is 1.91. The van der Waals surface area contributed by atoms with Gasteiger partial charge in [-0.1, -0.05) is 18.2 Å². The van der Waals surface area contributed by atoms with Crippen LogP contribution in [-0.2, 0) is 6.42 Å². The van der Waals surface area contributed by atoms with Crippen LogP contribution in [0.25, 0.3) is 0 Å². The molecule has 0 unspecified atom stereocenters. The Morgan fingerprint density at radius 1 is 1.29 bits per heavy atom. The molecule has 1 aliphatic rings. The Morgan fingerprint density at radius 3 is 2.86 bits per heavy atom. The van der Waals surface area contributed by atoms with Crippen LogP contribution in [0.3, 0.4) is 0 Å². The second kappa shape index (κ2) is 5.24. The summed E-state index contributed by atoms with van der Waals surface area (Å²) in [6.07, 6.45) is 2.76. The van der Waals surface area contributed by atoms with Crippen molar-refractivity contribution in [1.82, 2.24) is 4.98 Å². The first-order valence-electron chi connectivity index (χ1n) is 6.81. The van der Waals surface area contributed by atoms with E-state index in [1.807, 2.05) is 31.2 Å². The lowest BCUT2D eigenvalue weighted by Crippen LogP contribution is -2.42. The first-order chi connectivity index (χ1) is 10.1. The van der Waals surface area contributed by atoms with Gasteiger partial charge in [0.25, 0.3) is 5.91 Å². The Kier molecular flexibility index (Phi) is 3.41. The van der Waals surface area contributed by atoms with E-state index >= 15 is 0 Å². The van der Waals surface area contributed by atoms with Gasteiger partial charge in [-0.05, 0) is 37.5 Å². The van der Waals surface area contributed by atoms with Crippen molar-refractivity contribution in [3.05, 3.63) is 59.4 Å². The zero-order chi connectivity index (χ0) is 15.0. The predicted molar refractivity (Wildman–Crippen MR) is 75.2 cm³/mol. The van der Waals surface area contributed by atoms with Crippen molar-refractivity contribution in [1.29, 1.82) is 0 Å². The van der Waals surface area contributed by atoms with Crippen LogP contribution in [0.5, 0.6) is 0 Å². The summed E-state index contributed by atoms with van der Waals surface area (Å²) in [5.41, 5.74) is 1.52. The van der Waals surface area contributed by atoms with Crippen LogP contribution >= 0.6 is 0 Å². The van der Waals surface area contributed by atoms with Crippen LogP contribution < -0.4 is 4.90 Å². The molecular formula is C16H14F2N2O. The van der Waals surface area contributed by atoms with Crippen molar-refractivity contribution >= 4 is 11.6 Å². The lowest BCUT2D eigenvalue weighted by Gasteiger charge is -2.35. The molecule has 3 nitrogen and oxygen atoms in total. The van der Waals surface area contributed by atoms with E-state index in [4.69, 9.17) is 0 Å². The number of fused-ring (bicyclic) bond motifs is 1. The summed E-state index contributed by atoms with van der Waals surface area (Å²) in [5.74, 6) is -2.98. The summed E-state index contributed by atoms with van der Waals surface area (Å²) in [5, 5.41) is 0. The number of carbonyl (C=O) groups excluding carboxylic acids is 1. The van der Waals surface area contributed by atoms with E-state index < -0.39 is 17.7 Å². The topological polar surface area (TPSA) is 33.2 Å². The van der Waals surface area contributed by atoms with Crippen LogP contribution in [0.1, 0.15) is 29.3 Å². The molecule has 1 amide bonds. The first-order valence-corrected chi connectivity index (χ1v) is 6.81. The van der Waals surface area contributed by atoms with E-state index in [1.54, 1.807) is 0 Å². The molecule has 0 saturated heterocycles. The van der Waals surface area contributed by atoms with Gasteiger partial charge in [0, 0.05) is 17.9 Å². The molecule has 1 aromatic carbocycles. The van der Waals surface area contributed by atoms with Crippen LogP contribution in [0.4, 0.5) is 14.5 Å². The number of anilines is 1. The Labute approximate surface area is 121 Å². The molecule has 0 radical (unpaired) electrons. The maximum atomic E-state index is 13.8. The quantitative estimate of drug-likeness (QED) is 0.754. The van der Waals surface area contributed by atoms with Crippen molar-refractivity contribution in [3.63, 3.8) is 0 Å². The summed E-state index contributed by atoms with van der Waals surface area (Å²) in [6, 6.07) is 8.67. The Morgan fingerprint density at radius 2 is 2.05 bits per heavy atom. The molecule has 1 aromatic heterocycles. The minimum absolute atomic E-state index is 0.0666. The number of para-hydroxylation sites is 1. The summed E-state index contributed by atoms with van der Waals surface area (Å²) < 4.78 is 27.1. The second-order valence-electron chi connectivity index (χ2n) is 5.15. The molecule has 1 aliphatic heterocycles. The number of halogens is 2. The monoisotopic (exact) mass is 288 g/mol. The third-order valence-corrected chi connectivity index (χ3v) is 3.82. The number of aryl methyl sites for hydroxylation is 1. The SMILES string of the molecule is C[C@H]1CCc2ccccc2N1C(=O)c1ccnc(F)c1F. The molecule has 3 rings (SSSR count). The number of hydrogen-bond acceptors (Lipinski definition) is 2. The molecule has 0 fully saturated rings. The molecule has 21 heavy (non-hydrogen) atoms. The Hall–Kier alpha value is -2.30. The molecule has 1 atom stereocenters. The molecule has 0 bridgehead atoms. The van der Waals surface area contributed by atoms with Crippen molar-refractivity contribution in [3.8, 4) is 0 Å². The molecule has 0 spiro atoms. The van der Waals surface area contributed by atoms with E-state index in [9.17, 15) is 13.6 Å². The van der Waals surface area contributed by atoms with Gasteiger partial charge in [-0.3, -0.25) is 4.79 Å². The molecule has 2 aromatic rings. The Balaban J connectivity index is 2.07. The molecule has 2 heterocycles. The molecule has 5 heteroatoms. The zero-order valence-electron chi connectivity index (χ0n) is 11.5. The van der Waals surface area contributed by atoms with Gasteiger partial charge in [-0.15, -0.1) is 0 Å². The molecule has 108 valence electrons. The highest BCUT2D eigenvalue weighted by molar-refractivity contribution is 6.07. The third kappa shape index (κ3) is 2.28. The van der Waals surface area contributed by atoms with E-state index in [-0.39, 0.29) is 11.6 Å². The number of hydrogen-bond donors (Lipinski definition) is 0. The zero-order valence-corrected chi connectivity index (χ0v) is 11.5. The van der Waals surface area contributed by atoms with Crippen LogP contribution in [0.2, 0.25) is 0 Å². The van der Waals surface area contributed by atoms with Crippen molar-refractivity contribution in [2.45, 2.75) is 25.8 Å². The van der Waals surface area contributed by atoms with Crippen LogP contribution in [0.15, 0.2) is 36.5 Å². The number of amides is 1. The fourth-order valence-electron chi connectivity index (χ4n) is 2.71. The van der Waals surface area contributed by atoms with Gasteiger partial charge in [0.1, 0.15) is 0 Å². The average Bonchev–Trinajstić information content (AvgIpc) is 2.49. The highest BCUT2D eigenvalue weighted by atomic mass is 19.2. The van der Waals surface area contributed by atoms with Crippen LogP contribution in [0, 0.1) is 11.8 Å². The van der Waals surface area contributed by atoms with E-state index in [1.165, 1.54) is 11.0 Å². The minimum atomic E-state index is -1.25. The lowest BCUT2D eigenvalue weighted by atomic mass is 9.96. The fourth-order valence-corrected chi connectivity index (χ4v) is 2.71. The standard InChI is InChI=1S/C16H14F2N2O/c1-10-6-7-11-4-2-3-5-13(11)20(10)16(21)12-8-9-19-15(18)14(12)17/h2-5,8-10H,6-7H2,1H3/t10-/m0/s1.